The van der Waals surface area contributed by atoms with Gasteiger partial charge in [-0.1, -0.05) is 51.2 Å². The number of hydrogen-bond acceptors (Lipinski definition) is 5. The Morgan fingerprint density at radius 1 is 1.30 bits per heavy atom. The van der Waals surface area contributed by atoms with Crippen LogP contribution in [0.3, 0.4) is 0 Å². The molecule has 5 atom stereocenters. The summed E-state index contributed by atoms with van der Waals surface area (Å²) in [4.78, 5) is 23.8. The van der Waals surface area contributed by atoms with Crippen molar-refractivity contribution >= 4 is 11.9 Å². The predicted molar refractivity (Wildman–Crippen MR) is 84.4 cm³/mol. The van der Waals surface area contributed by atoms with E-state index in [0.717, 1.165) is 19.3 Å². The lowest BCUT2D eigenvalue weighted by atomic mass is 9.79. The minimum Gasteiger partial charge on any atom is -0.457 e. The molecule has 1 amide bonds. The summed E-state index contributed by atoms with van der Waals surface area (Å²) in [5.41, 5.74) is -2.17. The number of fused-ring (bicyclic) bond motifs is 2. The number of aliphatic hydroxyl groups excluding tert-OH is 1. The Morgan fingerprint density at radius 2 is 2.00 bits per heavy atom. The minimum atomic E-state index is -2.17. The van der Waals surface area contributed by atoms with E-state index in [-0.39, 0.29) is 6.04 Å². The summed E-state index contributed by atoms with van der Waals surface area (Å²) >= 11 is 0. The highest BCUT2D eigenvalue weighted by Gasteiger charge is 2.65. The molecular formula is C17H27NO5. The Labute approximate surface area is 136 Å². The Bertz CT molecular complexity index is 478. The summed E-state index contributed by atoms with van der Waals surface area (Å²) < 4.78 is 5.14. The van der Waals surface area contributed by atoms with Crippen LogP contribution in [-0.4, -0.2) is 45.9 Å². The van der Waals surface area contributed by atoms with E-state index < -0.39 is 35.6 Å². The molecule has 2 unspecified atom stereocenters. The van der Waals surface area contributed by atoms with Crippen LogP contribution in [0.25, 0.3) is 0 Å². The smallest absolute Gasteiger partial charge is 0.349 e. The van der Waals surface area contributed by atoms with Gasteiger partial charge in [-0.25, -0.2) is 4.79 Å². The molecule has 6 nitrogen and oxygen atoms in total. The van der Waals surface area contributed by atoms with Gasteiger partial charge in [-0.05, 0) is 13.3 Å². The van der Waals surface area contributed by atoms with Crippen LogP contribution in [0.4, 0.5) is 0 Å². The van der Waals surface area contributed by atoms with Crippen LogP contribution in [-0.2, 0) is 14.3 Å². The number of rotatable bonds is 8. The Hall–Kier alpha value is -1.40. The molecule has 23 heavy (non-hydrogen) atoms. The standard InChI is InChI=1S/C17H27NO5/c1-3-4-5-6-7-8-12(19)9-10-13-14-11(2)18-15(20)17(13,22)16(21)23-14/h9-14,19,22H,3-8H2,1-2H3,(H,18,20)/b10-9+/t11-,12+,13?,14+,17?/m1/s1. The number of amides is 1. The van der Waals surface area contributed by atoms with Gasteiger partial charge in [0.15, 0.2) is 0 Å². The number of nitrogens with one attached hydrogen (secondary N) is 1. The van der Waals surface area contributed by atoms with Gasteiger partial charge in [0, 0.05) is 0 Å². The molecule has 2 aliphatic heterocycles. The SMILES string of the molecule is CCCCCCC[C@H](O)/C=C/C1[C@H]2OC(=O)C1(O)C(=O)N[C@@H]2C. The van der Waals surface area contributed by atoms with Gasteiger partial charge in [-0.15, -0.1) is 0 Å². The van der Waals surface area contributed by atoms with Crippen molar-refractivity contribution in [3.8, 4) is 0 Å². The molecule has 0 aromatic carbocycles. The second-order valence-electron chi connectivity index (χ2n) is 6.58. The average Bonchev–Trinajstić information content (AvgIpc) is 2.73. The van der Waals surface area contributed by atoms with Gasteiger partial charge in [-0.2, -0.15) is 0 Å². The highest BCUT2D eigenvalue weighted by molar-refractivity contribution is 6.09. The number of esters is 1. The zero-order valence-electron chi connectivity index (χ0n) is 13.8. The molecule has 6 heteroatoms. The molecule has 2 fully saturated rings. The highest BCUT2D eigenvalue weighted by Crippen LogP contribution is 2.38. The quantitative estimate of drug-likeness (QED) is 0.268. The van der Waals surface area contributed by atoms with Crippen LogP contribution < -0.4 is 5.32 Å². The number of ether oxygens (including phenoxy) is 1. The summed E-state index contributed by atoms with van der Waals surface area (Å²) in [5, 5.41) is 23.0. The van der Waals surface area contributed by atoms with Crippen molar-refractivity contribution in [2.45, 2.75) is 76.2 Å². The van der Waals surface area contributed by atoms with Crippen LogP contribution >= 0.6 is 0 Å². The van der Waals surface area contributed by atoms with E-state index in [0.29, 0.717) is 6.42 Å². The summed E-state index contributed by atoms with van der Waals surface area (Å²) in [5.74, 6) is -2.39. The van der Waals surface area contributed by atoms with Crippen molar-refractivity contribution in [1.29, 1.82) is 0 Å². The minimum absolute atomic E-state index is 0.366. The molecule has 0 radical (unpaired) electrons. The van der Waals surface area contributed by atoms with Crippen LogP contribution in [0.5, 0.6) is 0 Å². The van der Waals surface area contributed by atoms with Gasteiger partial charge in [0.05, 0.1) is 18.1 Å². The number of hydrogen-bond donors (Lipinski definition) is 3. The van der Waals surface area contributed by atoms with Gasteiger partial charge in [-0.3, -0.25) is 4.79 Å². The van der Waals surface area contributed by atoms with Gasteiger partial charge < -0.3 is 20.3 Å². The van der Waals surface area contributed by atoms with E-state index in [2.05, 4.69) is 12.2 Å². The van der Waals surface area contributed by atoms with Crippen molar-refractivity contribution < 1.29 is 24.5 Å². The van der Waals surface area contributed by atoms with Gasteiger partial charge in [0.2, 0.25) is 0 Å². The van der Waals surface area contributed by atoms with Crippen molar-refractivity contribution in [3.05, 3.63) is 12.2 Å². The third-order valence-electron chi connectivity index (χ3n) is 4.73. The maximum Gasteiger partial charge on any atom is 0.349 e. The van der Waals surface area contributed by atoms with E-state index in [1.54, 1.807) is 19.1 Å². The molecule has 3 N–H and O–H groups in total. The first-order valence-corrected chi connectivity index (χ1v) is 8.52. The lowest BCUT2D eigenvalue weighted by Gasteiger charge is -2.33. The second-order valence-corrected chi connectivity index (χ2v) is 6.58. The number of carbonyl (C=O) groups excluding carboxylic acids is 2. The fourth-order valence-electron chi connectivity index (χ4n) is 3.27. The first-order chi connectivity index (χ1) is 10.9. The van der Waals surface area contributed by atoms with Crippen LogP contribution in [0.2, 0.25) is 0 Å². The Kier molecular flexibility index (Phi) is 5.81. The fourth-order valence-corrected chi connectivity index (χ4v) is 3.27. The number of carbonyl (C=O) groups is 2. The second kappa shape index (κ2) is 7.45. The molecule has 2 rings (SSSR count). The average molecular weight is 325 g/mol. The highest BCUT2D eigenvalue weighted by atomic mass is 16.6. The van der Waals surface area contributed by atoms with E-state index >= 15 is 0 Å². The first kappa shape index (κ1) is 17.9. The van der Waals surface area contributed by atoms with Crippen molar-refractivity contribution in [2.75, 3.05) is 0 Å². The van der Waals surface area contributed by atoms with Crippen LogP contribution in [0.1, 0.15) is 52.4 Å². The fraction of sp³-hybridized carbons (Fsp3) is 0.765. The first-order valence-electron chi connectivity index (χ1n) is 8.52. The maximum absolute atomic E-state index is 12.0. The third kappa shape index (κ3) is 3.58. The zero-order chi connectivity index (χ0) is 17.0. The van der Waals surface area contributed by atoms with Crippen molar-refractivity contribution in [2.24, 2.45) is 5.92 Å². The maximum atomic E-state index is 12.0. The van der Waals surface area contributed by atoms with E-state index in [1.807, 2.05) is 0 Å². The summed E-state index contributed by atoms with van der Waals surface area (Å²) in [7, 11) is 0. The Morgan fingerprint density at radius 3 is 2.70 bits per heavy atom. The lowest BCUT2D eigenvalue weighted by Crippen LogP contribution is -2.62. The molecule has 0 spiro atoms. The van der Waals surface area contributed by atoms with Crippen LogP contribution in [0.15, 0.2) is 12.2 Å². The molecule has 2 bridgehead atoms. The molecule has 2 saturated heterocycles. The third-order valence-corrected chi connectivity index (χ3v) is 4.73. The van der Waals surface area contributed by atoms with Gasteiger partial charge >= 0.3 is 5.97 Å². The zero-order valence-corrected chi connectivity index (χ0v) is 13.8. The molecule has 2 aliphatic rings. The van der Waals surface area contributed by atoms with Crippen molar-refractivity contribution in [1.82, 2.24) is 5.32 Å². The number of aliphatic hydroxyl groups is 2. The molecular weight excluding hydrogens is 298 g/mol. The molecule has 130 valence electrons. The van der Waals surface area contributed by atoms with Gasteiger partial charge in [0.25, 0.3) is 11.5 Å². The monoisotopic (exact) mass is 325 g/mol. The molecule has 2 heterocycles. The largest absolute Gasteiger partial charge is 0.457 e. The van der Waals surface area contributed by atoms with E-state index in [9.17, 15) is 19.8 Å². The van der Waals surface area contributed by atoms with Crippen molar-refractivity contribution in [3.63, 3.8) is 0 Å². The lowest BCUT2D eigenvalue weighted by molar-refractivity contribution is -0.160. The summed E-state index contributed by atoms with van der Waals surface area (Å²) in [6, 6.07) is -0.366. The van der Waals surface area contributed by atoms with E-state index in [4.69, 9.17) is 4.74 Å². The Balaban J connectivity index is 1.93. The normalized spacial score (nSPS) is 34.5. The summed E-state index contributed by atoms with van der Waals surface area (Å²) in [6.45, 7) is 3.88. The molecule has 0 aromatic heterocycles. The van der Waals surface area contributed by atoms with Crippen LogP contribution in [0, 0.1) is 5.92 Å². The number of unbranched alkanes of at least 4 members (excludes halogenated alkanes) is 4. The number of piperidine rings is 1. The molecule has 0 aromatic rings. The predicted octanol–water partition coefficient (Wildman–Crippen LogP) is 1.05. The molecule has 0 saturated carbocycles. The van der Waals surface area contributed by atoms with E-state index in [1.165, 1.54) is 12.8 Å². The topological polar surface area (TPSA) is 95.9 Å². The molecule has 0 aliphatic carbocycles. The summed E-state index contributed by atoms with van der Waals surface area (Å²) in [6.07, 6.45) is 8.06. The van der Waals surface area contributed by atoms with Gasteiger partial charge in [0.1, 0.15) is 6.10 Å².